The molecule has 0 aromatic rings. The summed E-state index contributed by atoms with van der Waals surface area (Å²) in [5.41, 5.74) is -2.54. The summed E-state index contributed by atoms with van der Waals surface area (Å²) < 4.78 is 0. The van der Waals surface area contributed by atoms with Crippen molar-refractivity contribution in [3.8, 4) is 0 Å². The molecule has 0 aromatic heterocycles. The van der Waals surface area contributed by atoms with E-state index in [1.807, 2.05) is 0 Å². The van der Waals surface area contributed by atoms with E-state index in [2.05, 4.69) is 6.58 Å². The van der Waals surface area contributed by atoms with Crippen LogP contribution in [-0.2, 0) is 14.4 Å². The molecule has 0 spiro atoms. The van der Waals surface area contributed by atoms with Gasteiger partial charge in [0.25, 0.3) is 0 Å². The first-order chi connectivity index (χ1) is 5.84. The molecule has 0 aliphatic heterocycles. The SMILES string of the molecule is C=CC(=O)NC(C)(C(=O)[O-])C(=O)[O-].[Na+].[Na+]. The summed E-state index contributed by atoms with van der Waals surface area (Å²) in [4.78, 5) is 31.3. The average molecular weight is 231 g/mol. The number of nitrogens with one attached hydrogen (secondary N) is 1. The van der Waals surface area contributed by atoms with Gasteiger partial charge in [0, 0.05) is 0 Å². The zero-order valence-corrected chi connectivity index (χ0v) is 12.8. The van der Waals surface area contributed by atoms with Gasteiger partial charge in [0.05, 0.1) is 11.9 Å². The molecular weight excluding hydrogens is 224 g/mol. The van der Waals surface area contributed by atoms with E-state index < -0.39 is 23.4 Å². The first-order valence-electron chi connectivity index (χ1n) is 3.22. The van der Waals surface area contributed by atoms with Crippen LogP contribution in [0.25, 0.3) is 0 Å². The van der Waals surface area contributed by atoms with Crippen LogP contribution in [0.4, 0.5) is 0 Å². The van der Waals surface area contributed by atoms with E-state index in [1.54, 1.807) is 5.32 Å². The Morgan fingerprint density at radius 3 is 1.73 bits per heavy atom. The van der Waals surface area contributed by atoms with Gasteiger partial charge in [0.2, 0.25) is 5.91 Å². The van der Waals surface area contributed by atoms with Crippen LogP contribution in [0, 0.1) is 0 Å². The van der Waals surface area contributed by atoms with Gasteiger partial charge in [0.1, 0.15) is 5.54 Å². The van der Waals surface area contributed by atoms with Crippen LogP contribution in [0.2, 0.25) is 0 Å². The molecule has 0 fully saturated rings. The van der Waals surface area contributed by atoms with E-state index in [0.717, 1.165) is 13.0 Å². The van der Waals surface area contributed by atoms with Gasteiger partial charge in [-0.25, -0.2) is 0 Å². The van der Waals surface area contributed by atoms with Crippen molar-refractivity contribution in [3.63, 3.8) is 0 Å². The number of amides is 1. The fraction of sp³-hybridized carbons (Fsp3) is 0.286. The Hall–Kier alpha value is 0.150. The molecular formula is C7H7NNa2O5. The number of carbonyl (C=O) groups is 3. The molecule has 72 valence electrons. The number of hydrogen-bond donors (Lipinski definition) is 1. The normalized spacial score (nSPS) is 8.87. The van der Waals surface area contributed by atoms with Crippen molar-refractivity contribution in [2.24, 2.45) is 0 Å². The minimum atomic E-state index is -2.54. The Morgan fingerprint density at radius 2 is 1.53 bits per heavy atom. The standard InChI is InChI=1S/C7H9NO5.2Na/c1-3-4(9)8-7(2,5(10)11)6(12)13;;/h3H,1H2,2H3,(H,8,9)(H,10,11)(H,12,13);;/q;2*+1/p-2. The van der Waals surface area contributed by atoms with Crippen LogP contribution in [0.3, 0.4) is 0 Å². The van der Waals surface area contributed by atoms with E-state index in [-0.39, 0.29) is 59.1 Å². The Balaban J connectivity index is -0.000000720. The van der Waals surface area contributed by atoms with Crippen molar-refractivity contribution in [3.05, 3.63) is 12.7 Å². The van der Waals surface area contributed by atoms with Gasteiger partial charge in [-0.3, -0.25) is 4.79 Å². The van der Waals surface area contributed by atoms with Crippen LogP contribution in [0.15, 0.2) is 12.7 Å². The van der Waals surface area contributed by atoms with Crippen LogP contribution < -0.4 is 74.6 Å². The minimum Gasteiger partial charge on any atom is -0.547 e. The van der Waals surface area contributed by atoms with Gasteiger partial charge in [0.15, 0.2) is 0 Å². The van der Waals surface area contributed by atoms with Crippen molar-refractivity contribution in [1.82, 2.24) is 5.32 Å². The first-order valence-corrected chi connectivity index (χ1v) is 3.22. The molecule has 0 atom stereocenters. The fourth-order valence-corrected chi connectivity index (χ4v) is 0.483. The van der Waals surface area contributed by atoms with E-state index in [9.17, 15) is 24.6 Å². The van der Waals surface area contributed by atoms with E-state index in [4.69, 9.17) is 0 Å². The molecule has 0 saturated heterocycles. The molecule has 6 nitrogen and oxygen atoms in total. The molecule has 0 rings (SSSR count). The summed E-state index contributed by atoms with van der Waals surface area (Å²) in [6, 6.07) is 0. The van der Waals surface area contributed by atoms with Crippen molar-refractivity contribution >= 4 is 17.8 Å². The number of aliphatic carboxylic acids is 2. The largest absolute Gasteiger partial charge is 1.00 e. The Morgan fingerprint density at radius 1 is 1.20 bits per heavy atom. The van der Waals surface area contributed by atoms with Crippen LogP contribution in [0.1, 0.15) is 6.92 Å². The van der Waals surface area contributed by atoms with E-state index >= 15 is 0 Å². The predicted molar refractivity (Wildman–Crippen MR) is 36.8 cm³/mol. The molecule has 1 N–H and O–H groups in total. The topological polar surface area (TPSA) is 109 Å². The molecule has 0 bridgehead atoms. The molecule has 0 saturated carbocycles. The fourth-order valence-electron chi connectivity index (χ4n) is 0.483. The van der Waals surface area contributed by atoms with Gasteiger partial charge in [-0.05, 0) is 13.0 Å². The van der Waals surface area contributed by atoms with Gasteiger partial charge >= 0.3 is 59.1 Å². The number of rotatable bonds is 4. The van der Waals surface area contributed by atoms with Crippen molar-refractivity contribution in [2.75, 3.05) is 0 Å². The minimum absolute atomic E-state index is 0. The van der Waals surface area contributed by atoms with Gasteiger partial charge in [-0.2, -0.15) is 0 Å². The van der Waals surface area contributed by atoms with Crippen LogP contribution >= 0.6 is 0 Å². The second-order valence-corrected chi connectivity index (χ2v) is 2.39. The molecule has 1 amide bonds. The second kappa shape index (κ2) is 8.32. The molecule has 0 unspecified atom stereocenters. The third-order valence-corrected chi connectivity index (χ3v) is 1.38. The smallest absolute Gasteiger partial charge is 0.547 e. The first kappa shape index (κ1) is 20.5. The third kappa shape index (κ3) is 5.70. The molecule has 0 radical (unpaired) electrons. The van der Waals surface area contributed by atoms with E-state index in [1.165, 1.54) is 0 Å². The summed E-state index contributed by atoms with van der Waals surface area (Å²) >= 11 is 0. The second-order valence-electron chi connectivity index (χ2n) is 2.39. The summed E-state index contributed by atoms with van der Waals surface area (Å²) in [6.07, 6.45) is 0.740. The Bertz CT molecular complexity index is 265. The average Bonchev–Trinajstić information content (AvgIpc) is 2.03. The van der Waals surface area contributed by atoms with Crippen LogP contribution in [0.5, 0.6) is 0 Å². The van der Waals surface area contributed by atoms with Gasteiger partial charge < -0.3 is 25.1 Å². The predicted octanol–water partition coefficient (Wildman–Crippen LogP) is -9.44. The third-order valence-electron chi connectivity index (χ3n) is 1.38. The number of carboxylic acids is 2. The molecule has 0 aromatic carbocycles. The Kier molecular flexibility index (Phi) is 11.4. The summed E-state index contributed by atoms with van der Waals surface area (Å²) in [5, 5.41) is 22.3. The molecule has 0 aliphatic rings. The van der Waals surface area contributed by atoms with Crippen LogP contribution in [-0.4, -0.2) is 23.4 Å². The molecule has 8 heteroatoms. The van der Waals surface area contributed by atoms with Crippen molar-refractivity contribution in [1.29, 1.82) is 0 Å². The summed E-state index contributed by atoms with van der Waals surface area (Å²) in [7, 11) is 0. The quantitative estimate of drug-likeness (QED) is 0.293. The number of hydrogen-bond acceptors (Lipinski definition) is 5. The van der Waals surface area contributed by atoms with Gasteiger partial charge in [-0.15, -0.1) is 0 Å². The molecule has 0 heterocycles. The van der Waals surface area contributed by atoms with Crippen molar-refractivity contribution < 1.29 is 83.7 Å². The number of carboxylic acid groups (broad SMARTS) is 2. The Labute approximate surface area is 131 Å². The maximum Gasteiger partial charge on any atom is 1.00 e. The zero-order valence-electron chi connectivity index (χ0n) is 8.83. The summed E-state index contributed by atoms with van der Waals surface area (Å²) in [6.45, 7) is 3.77. The maximum atomic E-state index is 10.6. The van der Waals surface area contributed by atoms with Gasteiger partial charge in [-0.1, -0.05) is 6.58 Å². The number of carbonyl (C=O) groups excluding carboxylic acids is 3. The zero-order chi connectivity index (χ0) is 10.6. The maximum absolute atomic E-state index is 10.6. The molecule has 15 heavy (non-hydrogen) atoms. The van der Waals surface area contributed by atoms with Crippen molar-refractivity contribution in [2.45, 2.75) is 12.5 Å². The van der Waals surface area contributed by atoms with E-state index in [0.29, 0.717) is 0 Å². The summed E-state index contributed by atoms with van der Waals surface area (Å²) in [5.74, 6) is -4.85. The molecule has 0 aliphatic carbocycles. The monoisotopic (exact) mass is 231 g/mol.